The predicted octanol–water partition coefficient (Wildman–Crippen LogP) is 0.533. The van der Waals surface area contributed by atoms with E-state index in [0.29, 0.717) is 12.7 Å². The van der Waals surface area contributed by atoms with E-state index in [0.717, 1.165) is 6.42 Å². The van der Waals surface area contributed by atoms with Crippen molar-refractivity contribution in [1.82, 2.24) is 4.31 Å². The van der Waals surface area contributed by atoms with Gasteiger partial charge in [-0.1, -0.05) is 6.92 Å². The molecule has 68 valence electrons. The zero-order valence-corrected chi connectivity index (χ0v) is 9.05. The molecule has 0 aromatic carbocycles. The Morgan fingerprint density at radius 3 is 2.36 bits per heavy atom. The summed E-state index contributed by atoms with van der Waals surface area (Å²) in [5.74, 6) is 0.230. The third-order valence-corrected chi connectivity index (χ3v) is 3.98. The maximum atomic E-state index is 11.2. The Balaban J connectivity index is 4.07. The van der Waals surface area contributed by atoms with Crippen LogP contribution in [0.4, 0.5) is 0 Å². The monoisotopic (exact) mass is 197 g/mol. The quantitative estimate of drug-likeness (QED) is 0.603. The third kappa shape index (κ3) is 4.04. The molecule has 11 heavy (non-hydrogen) atoms. The summed E-state index contributed by atoms with van der Waals surface area (Å²) in [5, 5.41) is 0. The fourth-order valence-corrected chi connectivity index (χ4v) is 2.72. The second-order valence-corrected chi connectivity index (χ2v) is 5.20. The molecule has 1 unspecified atom stereocenters. The van der Waals surface area contributed by atoms with Crippen molar-refractivity contribution in [2.24, 2.45) is 0 Å². The third-order valence-electron chi connectivity index (χ3n) is 1.39. The minimum absolute atomic E-state index is 0.230. The Hall–Kier alpha value is 0.340. The van der Waals surface area contributed by atoms with Crippen LogP contribution in [0.25, 0.3) is 0 Å². The zero-order valence-electron chi connectivity index (χ0n) is 7.08. The summed E-state index contributed by atoms with van der Waals surface area (Å²) >= 11 is 0. The standard InChI is InChI=1S/C6H16NO2PS/c1-3-4-7(2)11(8,9)6-5-10/h3-6,10H2,1-2H3. The normalized spacial score (nSPS) is 12.4. The van der Waals surface area contributed by atoms with Crippen molar-refractivity contribution < 1.29 is 8.42 Å². The van der Waals surface area contributed by atoms with E-state index in [2.05, 4.69) is 9.24 Å². The van der Waals surface area contributed by atoms with Crippen LogP contribution in [0, 0.1) is 0 Å². The van der Waals surface area contributed by atoms with E-state index in [4.69, 9.17) is 0 Å². The van der Waals surface area contributed by atoms with Crippen molar-refractivity contribution in [1.29, 1.82) is 0 Å². The van der Waals surface area contributed by atoms with Gasteiger partial charge in [-0.05, 0) is 12.6 Å². The molecule has 0 saturated heterocycles. The van der Waals surface area contributed by atoms with E-state index >= 15 is 0 Å². The molecule has 0 aliphatic carbocycles. The Morgan fingerprint density at radius 1 is 1.45 bits per heavy atom. The topological polar surface area (TPSA) is 37.4 Å². The van der Waals surface area contributed by atoms with E-state index in [9.17, 15) is 8.42 Å². The molecule has 0 radical (unpaired) electrons. The van der Waals surface area contributed by atoms with Crippen molar-refractivity contribution >= 4 is 19.3 Å². The Morgan fingerprint density at radius 2 is 2.00 bits per heavy atom. The lowest BCUT2D eigenvalue weighted by Crippen LogP contribution is -2.30. The van der Waals surface area contributed by atoms with Crippen LogP contribution in [0.5, 0.6) is 0 Å². The summed E-state index contributed by atoms with van der Waals surface area (Å²) in [7, 11) is 1.08. The summed E-state index contributed by atoms with van der Waals surface area (Å²) in [6, 6.07) is 0. The highest BCUT2D eigenvalue weighted by atomic mass is 32.2. The van der Waals surface area contributed by atoms with E-state index < -0.39 is 10.0 Å². The van der Waals surface area contributed by atoms with Gasteiger partial charge in [-0.25, -0.2) is 12.7 Å². The molecule has 0 aromatic rings. The Labute approximate surface area is 71.4 Å². The average Bonchev–Trinajstić information content (AvgIpc) is 1.88. The van der Waals surface area contributed by atoms with Crippen LogP contribution >= 0.6 is 9.24 Å². The molecule has 5 heteroatoms. The molecule has 3 nitrogen and oxygen atoms in total. The van der Waals surface area contributed by atoms with Gasteiger partial charge in [0.2, 0.25) is 10.0 Å². The van der Waals surface area contributed by atoms with Crippen molar-refractivity contribution in [3.63, 3.8) is 0 Å². The summed E-state index contributed by atoms with van der Waals surface area (Å²) in [6.07, 6.45) is 1.48. The minimum Gasteiger partial charge on any atom is -0.212 e. The Bertz CT molecular complexity index is 191. The SMILES string of the molecule is CCCN(C)S(=O)(=O)CCP. The van der Waals surface area contributed by atoms with Crippen LogP contribution in [0.3, 0.4) is 0 Å². The lowest BCUT2D eigenvalue weighted by molar-refractivity contribution is 0.470. The molecule has 0 aliphatic rings. The highest BCUT2D eigenvalue weighted by molar-refractivity contribution is 7.89. The molecule has 0 aromatic heterocycles. The maximum absolute atomic E-state index is 11.2. The van der Waals surface area contributed by atoms with Gasteiger partial charge in [0.25, 0.3) is 0 Å². The second-order valence-electron chi connectivity index (χ2n) is 2.43. The van der Waals surface area contributed by atoms with Crippen molar-refractivity contribution in [3.8, 4) is 0 Å². The van der Waals surface area contributed by atoms with Crippen molar-refractivity contribution in [3.05, 3.63) is 0 Å². The fraction of sp³-hybridized carbons (Fsp3) is 1.00. The van der Waals surface area contributed by atoms with E-state index in [1.807, 2.05) is 6.92 Å². The van der Waals surface area contributed by atoms with E-state index in [1.54, 1.807) is 7.05 Å². The van der Waals surface area contributed by atoms with Gasteiger partial charge in [0.15, 0.2) is 0 Å². The van der Waals surface area contributed by atoms with Gasteiger partial charge < -0.3 is 0 Å². The summed E-state index contributed by atoms with van der Waals surface area (Å²) in [5.41, 5.74) is 0. The van der Waals surface area contributed by atoms with E-state index in [1.165, 1.54) is 4.31 Å². The maximum Gasteiger partial charge on any atom is 0.214 e. The summed E-state index contributed by atoms with van der Waals surface area (Å²) in [6.45, 7) is 2.58. The summed E-state index contributed by atoms with van der Waals surface area (Å²) in [4.78, 5) is 0. The lowest BCUT2D eigenvalue weighted by Gasteiger charge is -2.14. The molecule has 0 rings (SSSR count). The molecule has 0 aliphatic heterocycles. The highest BCUT2D eigenvalue weighted by Gasteiger charge is 2.14. The molecular formula is C6H16NO2PS. The number of nitrogens with zero attached hydrogens (tertiary/aromatic N) is 1. The lowest BCUT2D eigenvalue weighted by atomic mass is 10.5. The van der Waals surface area contributed by atoms with Crippen LogP contribution in [0.2, 0.25) is 0 Å². The average molecular weight is 197 g/mol. The first kappa shape index (κ1) is 11.3. The number of hydrogen-bond acceptors (Lipinski definition) is 2. The first-order valence-electron chi connectivity index (χ1n) is 3.68. The van der Waals surface area contributed by atoms with Gasteiger partial charge in [-0.3, -0.25) is 0 Å². The molecule has 0 saturated carbocycles. The molecule has 0 N–H and O–H groups in total. The highest BCUT2D eigenvalue weighted by Crippen LogP contribution is 2.00. The first-order valence-corrected chi connectivity index (χ1v) is 6.11. The zero-order chi connectivity index (χ0) is 8.91. The summed E-state index contributed by atoms with van der Waals surface area (Å²) < 4.78 is 23.9. The molecule has 0 amide bonds. The van der Waals surface area contributed by atoms with Crippen LogP contribution < -0.4 is 0 Å². The molecule has 1 atom stereocenters. The molecule has 0 fully saturated rings. The van der Waals surface area contributed by atoms with Gasteiger partial charge in [-0.15, -0.1) is 9.24 Å². The van der Waals surface area contributed by atoms with Crippen LogP contribution in [-0.4, -0.2) is 38.2 Å². The molecule has 0 spiro atoms. The number of sulfonamides is 1. The second kappa shape index (κ2) is 5.07. The van der Waals surface area contributed by atoms with Crippen molar-refractivity contribution in [2.75, 3.05) is 25.5 Å². The van der Waals surface area contributed by atoms with Crippen LogP contribution in [0.1, 0.15) is 13.3 Å². The van der Waals surface area contributed by atoms with E-state index in [-0.39, 0.29) is 5.75 Å². The smallest absolute Gasteiger partial charge is 0.212 e. The fourth-order valence-electron chi connectivity index (χ4n) is 0.759. The van der Waals surface area contributed by atoms with Gasteiger partial charge in [-0.2, -0.15) is 0 Å². The Kier molecular flexibility index (Phi) is 5.23. The van der Waals surface area contributed by atoms with Gasteiger partial charge in [0.05, 0.1) is 5.75 Å². The van der Waals surface area contributed by atoms with Gasteiger partial charge in [0, 0.05) is 13.6 Å². The number of rotatable bonds is 5. The molecular weight excluding hydrogens is 181 g/mol. The molecule has 0 bridgehead atoms. The predicted molar refractivity (Wildman–Crippen MR) is 51.3 cm³/mol. The van der Waals surface area contributed by atoms with Crippen LogP contribution in [-0.2, 0) is 10.0 Å². The number of hydrogen-bond donors (Lipinski definition) is 0. The van der Waals surface area contributed by atoms with Gasteiger partial charge in [0.1, 0.15) is 0 Å². The molecule has 0 heterocycles. The first-order chi connectivity index (χ1) is 5.04. The van der Waals surface area contributed by atoms with Crippen molar-refractivity contribution in [2.45, 2.75) is 13.3 Å². The van der Waals surface area contributed by atoms with Gasteiger partial charge >= 0.3 is 0 Å². The minimum atomic E-state index is -2.96. The van der Waals surface area contributed by atoms with Crippen LogP contribution in [0.15, 0.2) is 0 Å². The largest absolute Gasteiger partial charge is 0.214 e.